The quantitative estimate of drug-likeness (QED) is 0.648. The fourth-order valence-electron chi connectivity index (χ4n) is 2.82. The van der Waals surface area contributed by atoms with E-state index in [1.807, 2.05) is 4.90 Å². The lowest BCUT2D eigenvalue weighted by Gasteiger charge is -2.28. The average molecular weight is 316 g/mol. The van der Waals surface area contributed by atoms with Crippen molar-refractivity contribution in [2.45, 2.75) is 19.3 Å². The number of hydrogen-bond acceptors (Lipinski definition) is 6. The largest absolute Gasteiger partial charge is 0.366 e. The van der Waals surface area contributed by atoms with E-state index in [2.05, 4.69) is 15.4 Å². The summed E-state index contributed by atoms with van der Waals surface area (Å²) in [5.41, 5.74) is 6.42. The SMILES string of the molecule is NC(=O)c1n[nH]nc1-c1ccc(N2CCCCC2)c([N+](=O)[O-])c1. The highest BCUT2D eigenvalue weighted by Crippen LogP contribution is 2.34. The van der Waals surface area contributed by atoms with Crippen molar-refractivity contribution in [3.05, 3.63) is 34.0 Å². The molecule has 9 nitrogen and oxygen atoms in total. The van der Waals surface area contributed by atoms with Crippen LogP contribution in [0, 0.1) is 10.1 Å². The standard InChI is InChI=1S/C14H16N6O3/c15-14(21)13-12(16-18-17-13)9-4-5-10(11(8-9)20(22)23)19-6-2-1-3-7-19/h4-5,8H,1-3,6-7H2,(H2,15,21)(H,16,17,18). The molecule has 1 aromatic heterocycles. The highest BCUT2D eigenvalue weighted by molar-refractivity contribution is 5.97. The van der Waals surface area contributed by atoms with E-state index in [-0.39, 0.29) is 17.1 Å². The van der Waals surface area contributed by atoms with Crippen LogP contribution in [0.25, 0.3) is 11.3 Å². The van der Waals surface area contributed by atoms with Gasteiger partial charge in [0.1, 0.15) is 11.4 Å². The highest BCUT2D eigenvalue weighted by atomic mass is 16.6. The van der Waals surface area contributed by atoms with E-state index in [4.69, 9.17) is 5.73 Å². The zero-order chi connectivity index (χ0) is 16.4. The fraction of sp³-hybridized carbons (Fsp3) is 0.357. The first-order chi connectivity index (χ1) is 11.1. The Bertz CT molecular complexity index is 751. The van der Waals surface area contributed by atoms with E-state index < -0.39 is 10.8 Å². The van der Waals surface area contributed by atoms with Crippen LogP contribution in [0.15, 0.2) is 18.2 Å². The smallest absolute Gasteiger partial charge is 0.293 e. The molecule has 23 heavy (non-hydrogen) atoms. The summed E-state index contributed by atoms with van der Waals surface area (Å²) < 4.78 is 0. The van der Waals surface area contributed by atoms with Crippen molar-refractivity contribution in [2.75, 3.05) is 18.0 Å². The van der Waals surface area contributed by atoms with E-state index in [9.17, 15) is 14.9 Å². The van der Waals surface area contributed by atoms with Gasteiger partial charge in [-0.25, -0.2) is 0 Å². The fourth-order valence-corrected chi connectivity index (χ4v) is 2.82. The summed E-state index contributed by atoms with van der Waals surface area (Å²) in [5.74, 6) is -0.739. The summed E-state index contributed by atoms with van der Waals surface area (Å²) in [5, 5.41) is 21.3. The summed E-state index contributed by atoms with van der Waals surface area (Å²) in [6.45, 7) is 1.60. The predicted octanol–water partition coefficient (Wildman–Crippen LogP) is 1.47. The normalized spacial score (nSPS) is 14.7. The van der Waals surface area contributed by atoms with Gasteiger partial charge in [0.2, 0.25) is 0 Å². The number of aromatic amines is 1. The van der Waals surface area contributed by atoms with E-state index in [1.165, 1.54) is 6.07 Å². The molecule has 120 valence electrons. The molecule has 3 rings (SSSR count). The number of nitro groups is 1. The minimum absolute atomic E-state index is 0.0113. The topological polar surface area (TPSA) is 131 Å². The second-order valence-corrected chi connectivity index (χ2v) is 5.39. The maximum atomic E-state index is 11.4. The Morgan fingerprint density at radius 2 is 2.00 bits per heavy atom. The lowest BCUT2D eigenvalue weighted by atomic mass is 10.1. The number of nitrogens with two attached hydrogens (primary N) is 1. The van der Waals surface area contributed by atoms with Crippen molar-refractivity contribution in [3.8, 4) is 11.3 Å². The maximum absolute atomic E-state index is 11.4. The molecule has 0 spiro atoms. The Labute approximate surface area is 131 Å². The molecule has 0 radical (unpaired) electrons. The first kappa shape index (κ1) is 14.9. The number of anilines is 1. The van der Waals surface area contributed by atoms with E-state index in [0.29, 0.717) is 11.3 Å². The molecule has 1 saturated heterocycles. The van der Waals surface area contributed by atoms with Crippen molar-refractivity contribution >= 4 is 17.3 Å². The van der Waals surface area contributed by atoms with Gasteiger partial charge >= 0.3 is 0 Å². The molecule has 9 heteroatoms. The van der Waals surface area contributed by atoms with Crippen molar-refractivity contribution in [1.29, 1.82) is 0 Å². The van der Waals surface area contributed by atoms with Crippen LogP contribution in [-0.4, -0.2) is 39.3 Å². The van der Waals surface area contributed by atoms with Crippen LogP contribution in [0.1, 0.15) is 29.8 Å². The number of nitrogens with zero attached hydrogens (tertiary/aromatic N) is 4. The average Bonchev–Trinajstić information content (AvgIpc) is 3.05. The van der Waals surface area contributed by atoms with Gasteiger partial charge in [0.05, 0.1) is 4.92 Å². The first-order valence-corrected chi connectivity index (χ1v) is 7.32. The zero-order valence-electron chi connectivity index (χ0n) is 12.4. The Morgan fingerprint density at radius 3 is 2.65 bits per heavy atom. The number of nitrogens with one attached hydrogen (secondary N) is 1. The van der Waals surface area contributed by atoms with Crippen molar-refractivity contribution < 1.29 is 9.72 Å². The summed E-state index contributed by atoms with van der Waals surface area (Å²) >= 11 is 0. The third-order valence-electron chi connectivity index (χ3n) is 3.92. The zero-order valence-corrected chi connectivity index (χ0v) is 12.4. The number of aromatic nitrogens is 3. The van der Waals surface area contributed by atoms with Crippen LogP contribution in [-0.2, 0) is 0 Å². The number of nitro benzene ring substituents is 1. The van der Waals surface area contributed by atoms with Gasteiger partial charge in [-0.1, -0.05) is 6.07 Å². The predicted molar refractivity (Wildman–Crippen MR) is 83.1 cm³/mol. The van der Waals surface area contributed by atoms with Crippen molar-refractivity contribution in [3.63, 3.8) is 0 Å². The van der Waals surface area contributed by atoms with Crippen molar-refractivity contribution in [2.24, 2.45) is 5.73 Å². The Kier molecular flexibility index (Phi) is 3.92. The van der Waals surface area contributed by atoms with Crippen LogP contribution >= 0.6 is 0 Å². The molecule has 0 saturated carbocycles. The molecule has 0 aliphatic carbocycles. The third kappa shape index (κ3) is 2.85. The molecular formula is C14H16N6O3. The van der Waals surface area contributed by atoms with Gasteiger partial charge in [-0.15, -0.1) is 0 Å². The Morgan fingerprint density at radius 1 is 1.26 bits per heavy atom. The lowest BCUT2D eigenvalue weighted by molar-refractivity contribution is -0.384. The molecule has 1 aliphatic rings. The molecule has 1 fully saturated rings. The van der Waals surface area contributed by atoms with Crippen LogP contribution in [0.5, 0.6) is 0 Å². The molecule has 1 aliphatic heterocycles. The summed E-state index contributed by atoms with van der Waals surface area (Å²) in [6, 6.07) is 4.80. The van der Waals surface area contributed by atoms with Gasteiger partial charge in [-0.05, 0) is 25.3 Å². The second-order valence-electron chi connectivity index (χ2n) is 5.39. The molecule has 0 atom stereocenters. The molecule has 2 aromatic rings. The Balaban J connectivity index is 2.04. The number of rotatable bonds is 4. The molecule has 1 aromatic carbocycles. The minimum Gasteiger partial charge on any atom is -0.366 e. The second kappa shape index (κ2) is 6.03. The van der Waals surface area contributed by atoms with Crippen LogP contribution < -0.4 is 10.6 Å². The maximum Gasteiger partial charge on any atom is 0.293 e. The van der Waals surface area contributed by atoms with Crippen molar-refractivity contribution in [1.82, 2.24) is 15.4 Å². The Hall–Kier alpha value is -2.97. The van der Waals surface area contributed by atoms with Crippen LogP contribution in [0.4, 0.5) is 11.4 Å². The van der Waals surface area contributed by atoms with Gasteiger partial charge in [0.25, 0.3) is 11.6 Å². The van der Waals surface area contributed by atoms with E-state index in [0.717, 1.165) is 32.4 Å². The van der Waals surface area contributed by atoms with Crippen LogP contribution in [0.3, 0.4) is 0 Å². The number of H-pyrrole nitrogens is 1. The molecule has 2 heterocycles. The first-order valence-electron chi connectivity index (χ1n) is 7.32. The molecule has 0 unspecified atom stereocenters. The summed E-state index contributed by atoms with van der Waals surface area (Å²) in [6.07, 6.45) is 3.19. The number of carbonyl (C=O) groups is 1. The van der Waals surface area contributed by atoms with Gasteiger partial charge < -0.3 is 10.6 Å². The highest BCUT2D eigenvalue weighted by Gasteiger charge is 2.24. The molecule has 0 bridgehead atoms. The molecule has 1 amide bonds. The number of carbonyl (C=O) groups excluding carboxylic acids is 1. The van der Waals surface area contributed by atoms with Gasteiger partial charge in [-0.3, -0.25) is 14.9 Å². The lowest BCUT2D eigenvalue weighted by Crippen LogP contribution is -2.29. The summed E-state index contributed by atoms with van der Waals surface area (Å²) in [4.78, 5) is 24.4. The van der Waals surface area contributed by atoms with Gasteiger partial charge in [-0.2, -0.15) is 15.4 Å². The van der Waals surface area contributed by atoms with E-state index >= 15 is 0 Å². The number of amides is 1. The number of piperidine rings is 1. The number of hydrogen-bond donors (Lipinski definition) is 2. The van der Waals surface area contributed by atoms with Crippen LogP contribution in [0.2, 0.25) is 0 Å². The summed E-state index contributed by atoms with van der Waals surface area (Å²) in [7, 11) is 0. The minimum atomic E-state index is -0.739. The van der Waals surface area contributed by atoms with Gasteiger partial charge in [0, 0.05) is 24.7 Å². The number of primary amides is 1. The van der Waals surface area contributed by atoms with Gasteiger partial charge in [0.15, 0.2) is 5.69 Å². The number of benzene rings is 1. The van der Waals surface area contributed by atoms with E-state index in [1.54, 1.807) is 12.1 Å². The molecular weight excluding hydrogens is 300 g/mol. The third-order valence-corrected chi connectivity index (χ3v) is 3.92. The molecule has 3 N–H and O–H groups in total. The monoisotopic (exact) mass is 316 g/mol.